The maximum Gasteiger partial charge on any atom is 0.303 e. The van der Waals surface area contributed by atoms with Crippen LogP contribution < -0.4 is 0 Å². The molecule has 0 bridgehead atoms. The quantitative estimate of drug-likeness (QED) is 0.850. The molecule has 1 aliphatic rings. The number of alkyl halides is 1. The molecule has 2 nitrogen and oxygen atoms in total. The molecule has 1 aliphatic carbocycles. The van der Waals surface area contributed by atoms with Crippen LogP contribution in [0, 0.1) is 0 Å². The summed E-state index contributed by atoms with van der Waals surface area (Å²) >= 11 is 0. The normalized spacial score (nSPS) is 23.8. The van der Waals surface area contributed by atoms with Crippen LogP contribution in [0.4, 0.5) is 4.39 Å². The fourth-order valence-corrected chi connectivity index (χ4v) is 2.42. The molecule has 1 aromatic carbocycles. The number of carboxylic acid groups (broad SMARTS) is 1. The zero-order valence-electron chi connectivity index (χ0n) is 9.03. The van der Waals surface area contributed by atoms with Gasteiger partial charge in [0.2, 0.25) is 0 Å². The lowest BCUT2D eigenvalue weighted by molar-refractivity contribution is -0.137. The lowest BCUT2D eigenvalue weighted by Gasteiger charge is -2.27. The van der Waals surface area contributed by atoms with Crippen LogP contribution in [0.25, 0.3) is 0 Å². The first-order valence-corrected chi connectivity index (χ1v) is 5.63. The van der Waals surface area contributed by atoms with Crippen molar-refractivity contribution in [2.24, 2.45) is 0 Å². The van der Waals surface area contributed by atoms with E-state index in [0.29, 0.717) is 12.8 Å². The maximum absolute atomic E-state index is 13.6. The van der Waals surface area contributed by atoms with Crippen molar-refractivity contribution in [1.82, 2.24) is 0 Å². The number of carbonyl (C=O) groups is 1. The molecule has 0 spiro atoms. The summed E-state index contributed by atoms with van der Waals surface area (Å²) in [5.74, 6) is -0.570. The van der Waals surface area contributed by atoms with E-state index >= 15 is 0 Å². The van der Waals surface area contributed by atoms with Crippen molar-refractivity contribution in [2.75, 3.05) is 0 Å². The SMILES string of the molecule is O=C(O)CC[C@H]1CC[C@@H](F)c2ccccc21. The molecule has 1 aromatic rings. The van der Waals surface area contributed by atoms with E-state index in [9.17, 15) is 9.18 Å². The molecule has 0 aliphatic heterocycles. The number of benzene rings is 1. The van der Waals surface area contributed by atoms with E-state index in [1.54, 1.807) is 0 Å². The average Bonchev–Trinajstić information content (AvgIpc) is 2.28. The number of rotatable bonds is 3. The summed E-state index contributed by atoms with van der Waals surface area (Å²) in [6, 6.07) is 7.47. The molecular formula is C13H15FO2. The standard InChI is InChI=1S/C13H15FO2/c14-12-7-5-9(6-8-13(15)16)10-3-1-2-4-11(10)12/h1-4,9,12H,5-8H2,(H,15,16)/t9-,12-/m1/s1. The fraction of sp³-hybridized carbons (Fsp3) is 0.462. The zero-order chi connectivity index (χ0) is 11.5. The maximum atomic E-state index is 13.6. The Bertz CT molecular complexity index is 389. The number of hydrogen-bond acceptors (Lipinski definition) is 1. The molecule has 1 N–H and O–H groups in total. The molecule has 0 saturated heterocycles. The first-order valence-electron chi connectivity index (χ1n) is 5.63. The Hall–Kier alpha value is -1.38. The second-order valence-corrected chi connectivity index (χ2v) is 4.30. The Balaban J connectivity index is 2.18. The van der Waals surface area contributed by atoms with Gasteiger partial charge in [-0.1, -0.05) is 24.3 Å². The third-order valence-corrected chi connectivity index (χ3v) is 3.25. The summed E-state index contributed by atoms with van der Waals surface area (Å²) in [5.41, 5.74) is 1.76. The molecule has 0 radical (unpaired) electrons. The van der Waals surface area contributed by atoms with Crippen LogP contribution in [0.2, 0.25) is 0 Å². The number of carboxylic acids is 1. The van der Waals surface area contributed by atoms with Gasteiger partial charge >= 0.3 is 5.97 Å². The largest absolute Gasteiger partial charge is 0.481 e. The first kappa shape index (κ1) is 11.1. The van der Waals surface area contributed by atoms with Crippen LogP contribution in [0.15, 0.2) is 24.3 Å². The van der Waals surface area contributed by atoms with Gasteiger partial charge in [-0.25, -0.2) is 4.39 Å². The second-order valence-electron chi connectivity index (χ2n) is 4.30. The van der Waals surface area contributed by atoms with Crippen LogP contribution in [0.1, 0.15) is 48.9 Å². The molecule has 3 heteroatoms. The highest BCUT2D eigenvalue weighted by atomic mass is 19.1. The third kappa shape index (κ3) is 2.23. The summed E-state index contributed by atoms with van der Waals surface area (Å²) in [5, 5.41) is 8.67. The molecule has 0 fully saturated rings. The van der Waals surface area contributed by atoms with E-state index < -0.39 is 12.1 Å². The number of aliphatic carboxylic acids is 1. The summed E-state index contributed by atoms with van der Waals surface area (Å²) < 4.78 is 13.6. The minimum Gasteiger partial charge on any atom is -0.481 e. The summed E-state index contributed by atoms with van der Waals surface area (Å²) in [6.07, 6.45) is 1.17. The lowest BCUT2D eigenvalue weighted by atomic mass is 9.79. The molecule has 86 valence electrons. The summed E-state index contributed by atoms with van der Waals surface area (Å²) in [4.78, 5) is 10.5. The predicted octanol–water partition coefficient (Wildman–Crippen LogP) is 3.44. The van der Waals surface area contributed by atoms with Gasteiger partial charge in [0.25, 0.3) is 0 Å². The fourth-order valence-electron chi connectivity index (χ4n) is 2.42. The van der Waals surface area contributed by atoms with Crippen LogP contribution in [-0.4, -0.2) is 11.1 Å². The Labute approximate surface area is 94.1 Å². The second kappa shape index (κ2) is 4.64. The average molecular weight is 222 g/mol. The van der Waals surface area contributed by atoms with Crippen molar-refractivity contribution >= 4 is 5.97 Å². The Kier molecular flexibility index (Phi) is 3.22. The highest BCUT2D eigenvalue weighted by Crippen LogP contribution is 2.41. The van der Waals surface area contributed by atoms with Crippen molar-refractivity contribution < 1.29 is 14.3 Å². The Morgan fingerprint density at radius 1 is 1.31 bits per heavy atom. The van der Waals surface area contributed by atoms with E-state index in [2.05, 4.69) is 0 Å². The van der Waals surface area contributed by atoms with Crippen LogP contribution in [0.3, 0.4) is 0 Å². The van der Waals surface area contributed by atoms with Crippen molar-refractivity contribution in [2.45, 2.75) is 37.8 Å². The topological polar surface area (TPSA) is 37.3 Å². The van der Waals surface area contributed by atoms with E-state index in [1.807, 2.05) is 24.3 Å². The van der Waals surface area contributed by atoms with E-state index in [0.717, 1.165) is 17.5 Å². The molecule has 2 atom stereocenters. The molecule has 0 saturated carbocycles. The highest BCUT2D eigenvalue weighted by molar-refractivity contribution is 5.66. The Morgan fingerprint density at radius 2 is 2.00 bits per heavy atom. The molecule has 2 rings (SSSR count). The van der Waals surface area contributed by atoms with E-state index in [1.165, 1.54) is 0 Å². The third-order valence-electron chi connectivity index (χ3n) is 3.25. The summed E-state index contributed by atoms with van der Waals surface area (Å²) in [7, 11) is 0. The lowest BCUT2D eigenvalue weighted by Crippen LogP contribution is -2.13. The van der Waals surface area contributed by atoms with Crippen molar-refractivity contribution in [1.29, 1.82) is 0 Å². The van der Waals surface area contributed by atoms with Crippen molar-refractivity contribution in [3.8, 4) is 0 Å². The Morgan fingerprint density at radius 3 is 2.69 bits per heavy atom. The predicted molar refractivity (Wildman–Crippen MR) is 59.1 cm³/mol. The van der Waals surface area contributed by atoms with Crippen LogP contribution >= 0.6 is 0 Å². The van der Waals surface area contributed by atoms with Gasteiger partial charge in [0, 0.05) is 6.42 Å². The molecule has 0 unspecified atom stereocenters. The van der Waals surface area contributed by atoms with Crippen LogP contribution in [0.5, 0.6) is 0 Å². The van der Waals surface area contributed by atoms with Gasteiger partial charge in [-0.2, -0.15) is 0 Å². The van der Waals surface area contributed by atoms with Gasteiger partial charge in [0.05, 0.1) is 0 Å². The molecule has 0 aromatic heterocycles. The summed E-state index contributed by atoms with van der Waals surface area (Å²) in [6.45, 7) is 0. The molecular weight excluding hydrogens is 207 g/mol. The molecule has 0 amide bonds. The number of fused-ring (bicyclic) bond motifs is 1. The highest BCUT2D eigenvalue weighted by Gasteiger charge is 2.26. The molecule has 16 heavy (non-hydrogen) atoms. The van der Waals surface area contributed by atoms with Crippen LogP contribution in [-0.2, 0) is 4.79 Å². The van der Waals surface area contributed by atoms with Crippen molar-refractivity contribution in [3.05, 3.63) is 35.4 Å². The van der Waals surface area contributed by atoms with Crippen molar-refractivity contribution in [3.63, 3.8) is 0 Å². The van der Waals surface area contributed by atoms with Gasteiger partial charge < -0.3 is 5.11 Å². The van der Waals surface area contributed by atoms with Gasteiger partial charge in [0.1, 0.15) is 6.17 Å². The monoisotopic (exact) mass is 222 g/mol. The van der Waals surface area contributed by atoms with E-state index in [-0.39, 0.29) is 12.3 Å². The van der Waals surface area contributed by atoms with Gasteiger partial charge in [-0.05, 0) is 36.3 Å². The van der Waals surface area contributed by atoms with Gasteiger partial charge in [-0.15, -0.1) is 0 Å². The number of halogens is 1. The molecule has 0 heterocycles. The van der Waals surface area contributed by atoms with Gasteiger partial charge in [0.15, 0.2) is 0 Å². The smallest absolute Gasteiger partial charge is 0.303 e. The zero-order valence-corrected chi connectivity index (χ0v) is 9.03. The minimum absolute atomic E-state index is 0.163. The van der Waals surface area contributed by atoms with Gasteiger partial charge in [-0.3, -0.25) is 4.79 Å². The van der Waals surface area contributed by atoms with E-state index in [4.69, 9.17) is 5.11 Å². The minimum atomic E-state index is -0.878. The first-order chi connectivity index (χ1) is 7.68. The number of hydrogen-bond donors (Lipinski definition) is 1.